The Morgan fingerprint density at radius 2 is 2.06 bits per heavy atom. The summed E-state index contributed by atoms with van der Waals surface area (Å²) < 4.78 is 0. The van der Waals surface area contributed by atoms with Crippen molar-refractivity contribution in [2.75, 3.05) is 0 Å². The maximum atomic E-state index is 9.84. The molecule has 1 aromatic heterocycles. The Labute approximate surface area is 104 Å². The Balaban J connectivity index is 2.09. The lowest BCUT2D eigenvalue weighted by molar-refractivity contribution is 0.134. The van der Waals surface area contributed by atoms with Gasteiger partial charge in [-0.25, -0.2) is 0 Å². The minimum atomic E-state index is -0.112. The molecule has 16 heavy (non-hydrogen) atoms. The zero-order chi connectivity index (χ0) is 12.0. The molecular formula is C14H24OS. The Morgan fingerprint density at radius 1 is 1.31 bits per heavy atom. The molecule has 1 aromatic rings. The highest BCUT2D eigenvalue weighted by Gasteiger charge is 2.13. The molecule has 0 saturated carbocycles. The molecule has 92 valence electrons. The summed E-state index contributed by atoms with van der Waals surface area (Å²) in [6.07, 6.45) is 5.09. The molecule has 2 heteroatoms. The van der Waals surface area contributed by atoms with E-state index in [0.717, 1.165) is 32.1 Å². The van der Waals surface area contributed by atoms with Crippen LogP contribution in [0.5, 0.6) is 0 Å². The molecule has 0 bridgehead atoms. The molecule has 0 fully saturated rings. The van der Waals surface area contributed by atoms with E-state index in [0.29, 0.717) is 5.41 Å². The van der Waals surface area contributed by atoms with Crippen LogP contribution in [0.15, 0.2) is 17.5 Å². The van der Waals surface area contributed by atoms with Crippen LogP contribution < -0.4 is 0 Å². The molecule has 0 aliphatic carbocycles. The maximum Gasteiger partial charge on any atom is 0.0540 e. The van der Waals surface area contributed by atoms with Crippen molar-refractivity contribution in [3.05, 3.63) is 22.4 Å². The van der Waals surface area contributed by atoms with Crippen molar-refractivity contribution in [2.24, 2.45) is 5.41 Å². The van der Waals surface area contributed by atoms with E-state index in [-0.39, 0.29) is 6.10 Å². The van der Waals surface area contributed by atoms with Gasteiger partial charge >= 0.3 is 0 Å². The van der Waals surface area contributed by atoms with Gasteiger partial charge in [0.05, 0.1) is 6.10 Å². The topological polar surface area (TPSA) is 20.2 Å². The van der Waals surface area contributed by atoms with Gasteiger partial charge in [0.25, 0.3) is 0 Å². The smallest absolute Gasteiger partial charge is 0.0540 e. The van der Waals surface area contributed by atoms with E-state index in [1.807, 2.05) is 11.3 Å². The number of hydrogen-bond acceptors (Lipinski definition) is 2. The molecule has 0 amide bonds. The molecule has 1 rings (SSSR count). The van der Waals surface area contributed by atoms with Gasteiger partial charge in [0.1, 0.15) is 0 Å². The first-order valence-corrected chi connectivity index (χ1v) is 7.06. The summed E-state index contributed by atoms with van der Waals surface area (Å²) in [6, 6.07) is 4.27. The fraction of sp³-hybridized carbons (Fsp3) is 0.714. The van der Waals surface area contributed by atoms with E-state index in [1.54, 1.807) is 0 Å². The summed E-state index contributed by atoms with van der Waals surface area (Å²) in [5.74, 6) is 0. The van der Waals surface area contributed by atoms with Crippen LogP contribution >= 0.6 is 11.3 Å². The molecule has 1 N–H and O–H groups in total. The predicted molar refractivity (Wildman–Crippen MR) is 72.0 cm³/mol. The molecule has 1 unspecified atom stereocenters. The summed E-state index contributed by atoms with van der Waals surface area (Å²) in [7, 11) is 0. The van der Waals surface area contributed by atoms with Crippen LogP contribution in [0.1, 0.15) is 51.3 Å². The monoisotopic (exact) mass is 240 g/mol. The number of aryl methyl sites for hydroxylation is 1. The van der Waals surface area contributed by atoms with E-state index >= 15 is 0 Å². The Kier molecular flexibility index (Phi) is 5.50. The molecular weight excluding hydrogens is 216 g/mol. The van der Waals surface area contributed by atoms with Crippen LogP contribution in [0.4, 0.5) is 0 Å². The van der Waals surface area contributed by atoms with Crippen LogP contribution in [0.2, 0.25) is 0 Å². The number of rotatable bonds is 6. The number of hydrogen-bond donors (Lipinski definition) is 1. The zero-order valence-corrected chi connectivity index (χ0v) is 11.5. The highest BCUT2D eigenvalue weighted by Crippen LogP contribution is 2.23. The molecule has 0 radical (unpaired) electrons. The van der Waals surface area contributed by atoms with Crippen molar-refractivity contribution >= 4 is 11.3 Å². The van der Waals surface area contributed by atoms with E-state index in [1.165, 1.54) is 4.88 Å². The minimum absolute atomic E-state index is 0.112. The van der Waals surface area contributed by atoms with Crippen molar-refractivity contribution in [3.8, 4) is 0 Å². The largest absolute Gasteiger partial charge is 0.393 e. The van der Waals surface area contributed by atoms with Gasteiger partial charge in [-0.05, 0) is 49.0 Å². The molecule has 1 heterocycles. The second kappa shape index (κ2) is 6.41. The number of aliphatic hydroxyl groups is 1. The predicted octanol–water partition coefficient (Wildman–Crippen LogP) is 4.26. The standard InChI is InChI=1S/C14H24OS/c1-14(2,3)10-9-12(15)6-4-7-13-8-5-11-16-13/h5,8,11-12,15H,4,6-7,9-10H2,1-3H3. The normalized spacial score (nSPS) is 14.0. The molecule has 1 nitrogen and oxygen atoms in total. The van der Waals surface area contributed by atoms with Crippen molar-refractivity contribution in [1.29, 1.82) is 0 Å². The fourth-order valence-electron chi connectivity index (χ4n) is 1.71. The molecule has 0 aromatic carbocycles. The highest BCUT2D eigenvalue weighted by atomic mass is 32.1. The summed E-state index contributed by atoms with van der Waals surface area (Å²) >= 11 is 1.81. The number of aliphatic hydroxyl groups excluding tert-OH is 1. The van der Waals surface area contributed by atoms with Crippen LogP contribution in [0, 0.1) is 5.41 Å². The van der Waals surface area contributed by atoms with Gasteiger partial charge < -0.3 is 5.11 Å². The first kappa shape index (κ1) is 13.7. The van der Waals surface area contributed by atoms with Crippen LogP contribution in [0.25, 0.3) is 0 Å². The number of thiophene rings is 1. The van der Waals surface area contributed by atoms with E-state index in [2.05, 4.69) is 38.3 Å². The minimum Gasteiger partial charge on any atom is -0.393 e. The van der Waals surface area contributed by atoms with Crippen molar-refractivity contribution in [2.45, 2.75) is 59.0 Å². The Hall–Kier alpha value is -0.340. The lowest BCUT2D eigenvalue weighted by Crippen LogP contribution is -2.13. The van der Waals surface area contributed by atoms with Crippen LogP contribution in [-0.4, -0.2) is 11.2 Å². The molecule has 0 aliphatic heterocycles. The third-order valence-electron chi connectivity index (χ3n) is 2.77. The van der Waals surface area contributed by atoms with Gasteiger partial charge in [-0.2, -0.15) is 0 Å². The molecule has 0 spiro atoms. The summed E-state index contributed by atoms with van der Waals surface area (Å²) in [4.78, 5) is 1.43. The molecule has 1 atom stereocenters. The van der Waals surface area contributed by atoms with Crippen molar-refractivity contribution < 1.29 is 5.11 Å². The second-order valence-electron chi connectivity index (χ2n) is 5.72. The van der Waals surface area contributed by atoms with Gasteiger partial charge in [-0.1, -0.05) is 26.8 Å². The van der Waals surface area contributed by atoms with Gasteiger partial charge in [-0.15, -0.1) is 11.3 Å². The third kappa shape index (κ3) is 6.29. The lowest BCUT2D eigenvalue weighted by Gasteiger charge is -2.20. The van der Waals surface area contributed by atoms with Gasteiger partial charge in [0, 0.05) is 4.88 Å². The average molecular weight is 240 g/mol. The second-order valence-corrected chi connectivity index (χ2v) is 6.76. The Bertz CT molecular complexity index is 271. The zero-order valence-electron chi connectivity index (χ0n) is 10.7. The van der Waals surface area contributed by atoms with Crippen LogP contribution in [-0.2, 0) is 6.42 Å². The van der Waals surface area contributed by atoms with Gasteiger partial charge in [-0.3, -0.25) is 0 Å². The quantitative estimate of drug-likeness (QED) is 0.788. The Morgan fingerprint density at radius 3 is 2.62 bits per heavy atom. The van der Waals surface area contributed by atoms with E-state index < -0.39 is 0 Å². The fourth-order valence-corrected chi connectivity index (χ4v) is 2.46. The lowest BCUT2D eigenvalue weighted by atomic mass is 9.88. The van der Waals surface area contributed by atoms with Crippen LogP contribution in [0.3, 0.4) is 0 Å². The van der Waals surface area contributed by atoms with Gasteiger partial charge in [0.15, 0.2) is 0 Å². The summed E-state index contributed by atoms with van der Waals surface area (Å²) in [5.41, 5.74) is 0.342. The van der Waals surface area contributed by atoms with Crippen molar-refractivity contribution in [1.82, 2.24) is 0 Å². The van der Waals surface area contributed by atoms with Crippen molar-refractivity contribution in [3.63, 3.8) is 0 Å². The van der Waals surface area contributed by atoms with Gasteiger partial charge in [0.2, 0.25) is 0 Å². The maximum absolute atomic E-state index is 9.84. The first-order chi connectivity index (χ1) is 7.47. The van der Waals surface area contributed by atoms with E-state index in [9.17, 15) is 5.11 Å². The average Bonchev–Trinajstić information content (AvgIpc) is 2.66. The highest BCUT2D eigenvalue weighted by molar-refractivity contribution is 7.09. The first-order valence-electron chi connectivity index (χ1n) is 6.18. The summed E-state index contributed by atoms with van der Waals surface area (Å²) in [6.45, 7) is 6.68. The third-order valence-corrected chi connectivity index (χ3v) is 3.70. The summed E-state index contributed by atoms with van der Waals surface area (Å²) in [5, 5.41) is 12.0. The van der Waals surface area contributed by atoms with E-state index in [4.69, 9.17) is 0 Å². The molecule has 0 aliphatic rings. The SMILES string of the molecule is CC(C)(C)CCC(O)CCCc1cccs1. The molecule has 0 saturated heterocycles.